The van der Waals surface area contributed by atoms with Crippen LogP contribution in [0.4, 0.5) is 16.3 Å². The van der Waals surface area contributed by atoms with E-state index in [4.69, 9.17) is 9.47 Å². The number of sulfone groups is 1. The number of pyridine rings is 1. The molecule has 3 rings (SSSR count). The van der Waals surface area contributed by atoms with Crippen LogP contribution in [-0.2, 0) is 25.1 Å². The molecule has 1 saturated heterocycles. The standard InChI is InChI=1S/C21H27N3O5S/c1-21(2,3)29-20(25)23-17-6-4-16(5-7-17)15-30(26,27)18-8-9-19(22-14-18)24-10-12-28-13-11-24/h4-9,14H,10-13,15H2,1-3H3,(H,23,25). The molecule has 1 fully saturated rings. The summed E-state index contributed by atoms with van der Waals surface area (Å²) in [6.45, 7) is 8.10. The van der Waals surface area contributed by atoms with Gasteiger partial charge in [0.2, 0.25) is 0 Å². The van der Waals surface area contributed by atoms with Crippen molar-refractivity contribution in [3.8, 4) is 0 Å². The summed E-state index contributed by atoms with van der Waals surface area (Å²) < 4.78 is 36.0. The average Bonchev–Trinajstić information content (AvgIpc) is 2.69. The third kappa shape index (κ3) is 6.17. The van der Waals surface area contributed by atoms with Gasteiger partial charge in [-0.2, -0.15) is 0 Å². The van der Waals surface area contributed by atoms with Crippen molar-refractivity contribution in [3.05, 3.63) is 48.2 Å². The molecule has 0 unspecified atom stereocenters. The molecule has 0 aliphatic carbocycles. The van der Waals surface area contributed by atoms with Crippen LogP contribution in [0.15, 0.2) is 47.5 Å². The maximum Gasteiger partial charge on any atom is 0.412 e. The van der Waals surface area contributed by atoms with Crippen molar-refractivity contribution in [2.45, 2.75) is 37.0 Å². The van der Waals surface area contributed by atoms with Crippen LogP contribution in [0.2, 0.25) is 0 Å². The van der Waals surface area contributed by atoms with Gasteiger partial charge in [-0.1, -0.05) is 12.1 Å². The van der Waals surface area contributed by atoms with Crippen LogP contribution in [0, 0.1) is 0 Å². The van der Waals surface area contributed by atoms with Gasteiger partial charge in [0.1, 0.15) is 11.4 Å². The number of ether oxygens (including phenoxy) is 2. The summed E-state index contributed by atoms with van der Waals surface area (Å²) >= 11 is 0. The molecule has 162 valence electrons. The van der Waals surface area contributed by atoms with Crippen molar-refractivity contribution in [2.24, 2.45) is 0 Å². The number of amides is 1. The molecule has 8 nitrogen and oxygen atoms in total. The third-order valence-electron chi connectivity index (χ3n) is 4.37. The van der Waals surface area contributed by atoms with E-state index in [0.717, 1.165) is 18.9 Å². The molecule has 0 bridgehead atoms. The second-order valence-corrected chi connectivity index (χ2v) is 10.0. The molecule has 0 spiro atoms. The van der Waals surface area contributed by atoms with Crippen molar-refractivity contribution in [1.82, 2.24) is 4.98 Å². The summed E-state index contributed by atoms with van der Waals surface area (Å²) in [6, 6.07) is 9.94. The van der Waals surface area contributed by atoms with E-state index < -0.39 is 21.5 Å². The first-order chi connectivity index (χ1) is 14.1. The van der Waals surface area contributed by atoms with Gasteiger partial charge in [0, 0.05) is 25.0 Å². The highest BCUT2D eigenvalue weighted by atomic mass is 32.2. The van der Waals surface area contributed by atoms with Crippen molar-refractivity contribution in [1.29, 1.82) is 0 Å². The Morgan fingerprint density at radius 3 is 2.37 bits per heavy atom. The highest BCUT2D eigenvalue weighted by Gasteiger charge is 2.19. The molecule has 0 radical (unpaired) electrons. The van der Waals surface area contributed by atoms with E-state index in [2.05, 4.69) is 15.2 Å². The fourth-order valence-electron chi connectivity index (χ4n) is 2.94. The van der Waals surface area contributed by atoms with Crippen LogP contribution < -0.4 is 10.2 Å². The first-order valence-corrected chi connectivity index (χ1v) is 11.4. The Morgan fingerprint density at radius 2 is 1.80 bits per heavy atom. The maximum atomic E-state index is 12.7. The van der Waals surface area contributed by atoms with Crippen LogP contribution in [0.25, 0.3) is 0 Å². The van der Waals surface area contributed by atoms with E-state index in [9.17, 15) is 13.2 Å². The summed E-state index contributed by atoms with van der Waals surface area (Å²) in [5, 5.41) is 2.62. The number of anilines is 2. The van der Waals surface area contributed by atoms with Gasteiger partial charge >= 0.3 is 6.09 Å². The SMILES string of the molecule is CC(C)(C)OC(=O)Nc1ccc(CS(=O)(=O)c2ccc(N3CCOCC3)nc2)cc1. The van der Waals surface area contributed by atoms with Gasteiger partial charge in [-0.3, -0.25) is 5.32 Å². The maximum absolute atomic E-state index is 12.7. The molecule has 30 heavy (non-hydrogen) atoms. The van der Waals surface area contributed by atoms with Crippen LogP contribution >= 0.6 is 0 Å². The Bertz CT molecular complexity index is 961. The zero-order valence-corrected chi connectivity index (χ0v) is 18.2. The first kappa shape index (κ1) is 22.0. The second-order valence-electron chi connectivity index (χ2n) is 8.03. The fraction of sp³-hybridized carbons (Fsp3) is 0.429. The molecular formula is C21H27N3O5S. The number of hydrogen-bond acceptors (Lipinski definition) is 7. The topological polar surface area (TPSA) is 97.8 Å². The molecule has 1 aliphatic heterocycles. The summed E-state index contributed by atoms with van der Waals surface area (Å²) in [6.07, 6.45) is 0.841. The number of carbonyl (C=O) groups is 1. The number of rotatable bonds is 5. The minimum Gasteiger partial charge on any atom is -0.444 e. The van der Waals surface area contributed by atoms with E-state index >= 15 is 0 Å². The lowest BCUT2D eigenvalue weighted by atomic mass is 10.2. The molecule has 0 atom stereocenters. The van der Waals surface area contributed by atoms with E-state index in [0.29, 0.717) is 24.5 Å². The first-order valence-electron chi connectivity index (χ1n) is 9.73. The predicted octanol–water partition coefficient (Wildman–Crippen LogP) is 3.24. The smallest absolute Gasteiger partial charge is 0.412 e. The van der Waals surface area contributed by atoms with E-state index in [1.165, 1.54) is 6.20 Å². The zero-order valence-electron chi connectivity index (χ0n) is 17.4. The molecule has 1 amide bonds. The minimum atomic E-state index is -3.54. The number of hydrogen-bond donors (Lipinski definition) is 1. The summed E-state index contributed by atoms with van der Waals surface area (Å²) in [4.78, 5) is 18.4. The lowest BCUT2D eigenvalue weighted by Crippen LogP contribution is -2.36. The normalized spacial score (nSPS) is 15.0. The Kier molecular flexibility index (Phi) is 6.62. The molecule has 0 saturated carbocycles. The van der Waals surface area contributed by atoms with E-state index in [1.807, 2.05) is 0 Å². The number of morpholine rings is 1. The van der Waals surface area contributed by atoms with Crippen LogP contribution in [0.3, 0.4) is 0 Å². The number of benzene rings is 1. The summed E-state index contributed by atoms with van der Waals surface area (Å²) in [5.41, 5.74) is 0.549. The Balaban J connectivity index is 1.62. The largest absolute Gasteiger partial charge is 0.444 e. The minimum absolute atomic E-state index is 0.154. The number of carbonyl (C=O) groups excluding carboxylic acids is 1. The van der Waals surface area contributed by atoms with Gasteiger partial charge in [0.25, 0.3) is 0 Å². The van der Waals surface area contributed by atoms with Crippen molar-refractivity contribution in [2.75, 3.05) is 36.5 Å². The predicted molar refractivity (Wildman–Crippen MR) is 114 cm³/mol. The second kappa shape index (κ2) is 9.01. The van der Waals surface area contributed by atoms with Gasteiger partial charge in [0.05, 0.1) is 23.9 Å². The molecule has 2 heterocycles. The Labute approximate surface area is 177 Å². The van der Waals surface area contributed by atoms with Gasteiger partial charge in [0.15, 0.2) is 9.84 Å². The van der Waals surface area contributed by atoms with Gasteiger partial charge < -0.3 is 14.4 Å². The molecule has 1 N–H and O–H groups in total. The van der Waals surface area contributed by atoms with Gasteiger partial charge in [-0.05, 0) is 50.6 Å². The summed E-state index contributed by atoms with van der Waals surface area (Å²) in [7, 11) is -3.54. The van der Waals surface area contributed by atoms with Crippen molar-refractivity contribution < 1.29 is 22.7 Å². The van der Waals surface area contributed by atoms with Gasteiger partial charge in [-0.15, -0.1) is 0 Å². The lowest BCUT2D eigenvalue weighted by Gasteiger charge is -2.27. The highest BCUT2D eigenvalue weighted by molar-refractivity contribution is 7.90. The van der Waals surface area contributed by atoms with Crippen LogP contribution in [0.1, 0.15) is 26.3 Å². The molecule has 2 aromatic rings. The Hall–Kier alpha value is -2.65. The van der Waals surface area contributed by atoms with Crippen LogP contribution in [-0.4, -0.2) is 51.4 Å². The van der Waals surface area contributed by atoms with Crippen molar-refractivity contribution >= 4 is 27.4 Å². The fourth-order valence-corrected chi connectivity index (χ4v) is 4.23. The molecule has 1 aromatic carbocycles. The summed E-state index contributed by atoms with van der Waals surface area (Å²) in [5.74, 6) is 0.591. The Morgan fingerprint density at radius 1 is 1.13 bits per heavy atom. The average molecular weight is 434 g/mol. The number of nitrogens with zero attached hydrogens (tertiary/aromatic N) is 2. The molecule has 1 aliphatic rings. The van der Waals surface area contributed by atoms with E-state index in [-0.39, 0.29) is 10.6 Å². The highest BCUT2D eigenvalue weighted by Crippen LogP contribution is 2.21. The van der Waals surface area contributed by atoms with Crippen molar-refractivity contribution in [3.63, 3.8) is 0 Å². The number of aromatic nitrogens is 1. The lowest BCUT2D eigenvalue weighted by molar-refractivity contribution is 0.0636. The third-order valence-corrected chi connectivity index (χ3v) is 6.04. The van der Waals surface area contributed by atoms with Crippen LogP contribution in [0.5, 0.6) is 0 Å². The van der Waals surface area contributed by atoms with E-state index in [1.54, 1.807) is 57.2 Å². The number of nitrogens with one attached hydrogen (secondary N) is 1. The zero-order chi connectivity index (χ0) is 21.8. The quantitative estimate of drug-likeness (QED) is 0.773. The molecular weight excluding hydrogens is 406 g/mol. The molecule has 1 aromatic heterocycles. The monoisotopic (exact) mass is 433 g/mol. The van der Waals surface area contributed by atoms with Gasteiger partial charge in [-0.25, -0.2) is 18.2 Å². The molecule has 9 heteroatoms.